The minimum Gasteiger partial charge on any atom is -0.481 e. The van der Waals surface area contributed by atoms with Crippen LogP contribution < -0.4 is 10.1 Å². The smallest absolute Gasteiger partial charge is 0.306 e. The number of ether oxygens (including phenoxy) is 1. The molecule has 0 bridgehead atoms. The number of rotatable bonds is 7. The van der Waals surface area contributed by atoms with Gasteiger partial charge in [0.1, 0.15) is 12.1 Å². The maximum atomic E-state index is 11.1. The summed E-state index contributed by atoms with van der Waals surface area (Å²) in [4.78, 5) is 19.3. The number of aromatic nitrogens is 2. The van der Waals surface area contributed by atoms with Crippen molar-refractivity contribution in [3.8, 4) is 5.88 Å². The van der Waals surface area contributed by atoms with Gasteiger partial charge in [-0.2, -0.15) is 0 Å². The summed E-state index contributed by atoms with van der Waals surface area (Å²) in [5, 5.41) is 12.3. The van der Waals surface area contributed by atoms with Gasteiger partial charge in [0.15, 0.2) is 0 Å². The highest BCUT2D eigenvalue weighted by atomic mass is 16.5. The Morgan fingerprint density at radius 3 is 3.10 bits per heavy atom. The molecule has 1 fully saturated rings. The lowest BCUT2D eigenvalue weighted by Crippen LogP contribution is -2.24. The van der Waals surface area contributed by atoms with E-state index in [1.165, 1.54) is 6.33 Å². The van der Waals surface area contributed by atoms with Gasteiger partial charge < -0.3 is 15.2 Å². The number of aliphatic carboxylic acids is 1. The van der Waals surface area contributed by atoms with Gasteiger partial charge in [-0.15, -0.1) is 0 Å². The zero-order valence-electron chi connectivity index (χ0n) is 11.7. The summed E-state index contributed by atoms with van der Waals surface area (Å²) >= 11 is 0. The average Bonchev–Trinajstić information content (AvgIpc) is 2.92. The van der Waals surface area contributed by atoms with Crippen molar-refractivity contribution in [2.75, 3.05) is 18.5 Å². The molecule has 0 aliphatic heterocycles. The zero-order chi connectivity index (χ0) is 14.4. The van der Waals surface area contributed by atoms with Crippen LogP contribution in [0.2, 0.25) is 0 Å². The van der Waals surface area contributed by atoms with Crippen LogP contribution in [0.5, 0.6) is 5.88 Å². The van der Waals surface area contributed by atoms with E-state index in [1.807, 2.05) is 6.92 Å². The molecule has 2 unspecified atom stereocenters. The zero-order valence-corrected chi connectivity index (χ0v) is 11.7. The Morgan fingerprint density at radius 1 is 1.50 bits per heavy atom. The molecule has 0 saturated heterocycles. The molecule has 2 rings (SSSR count). The van der Waals surface area contributed by atoms with Gasteiger partial charge in [0.2, 0.25) is 5.88 Å². The van der Waals surface area contributed by atoms with Crippen LogP contribution in [-0.2, 0) is 4.79 Å². The molecule has 1 aromatic heterocycles. The molecule has 110 valence electrons. The van der Waals surface area contributed by atoms with Gasteiger partial charge in [-0.1, -0.05) is 13.3 Å². The molecule has 0 radical (unpaired) electrons. The van der Waals surface area contributed by atoms with Crippen molar-refractivity contribution in [2.24, 2.45) is 11.8 Å². The largest absolute Gasteiger partial charge is 0.481 e. The number of nitrogens with zero attached hydrogens (tertiary/aromatic N) is 2. The van der Waals surface area contributed by atoms with E-state index in [0.717, 1.165) is 25.7 Å². The van der Waals surface area contributed by atoms with Gasteiger partial charge in [-0.3, -0.25) is 4.79 Å². The second-order valence-electron chi connectivity index (χ2n) is 5.11. The third kappa shape index (κ3) is 3.82. The molecule has 20 heavy (non-hydrogen) atoms. The first-order valence-electron chi connectivity index (χ1n) is 7.12. The Bertz CT molecular complexity index is 453. The van der Waals surface area contributed by atoms with Crippen LogP contribution in [0.1, 0.15) is 32.6 Å². The van der Waals surface area contributed by atoms with Crippen LogP contribution in [0.25, 0.3) is 0 Å². The van der Waals surface area contributed by atoms with Crippen molar-refractivity contribution >= 4 is 11.8 Å². The van der Waals surface area contributed by atoms with E-state index in [2.05, 4.69) is 15.3 Å². The molecular weight excluding hydrogens is 258 g/mol. The summed E-state index contributed by atoms with van der Waals surface area (Å²) in [6, 6.07) is 1.75. The maximum absolute atomic E-state index is 11.1. The van der Waals surface area contributed by atoms with Crippen molar-refractivity contribution in [1.29, 1.82) is 0 Å². The highest BCUT2D eigenvalue weighted by Crippen LogP contribution is 2.32. The Balaban J connectivity index is 1.88. The molecular formula is C14H21N3O3. The van der Waals surface area contributed by atoms with E-state index in [0.29, 0.717) is 24.8 Å². The van der Waals surface area contributed by atoms with Crippen LogP contribution in [0.4, 0.5) is 5.82 Å². The monoisotopic (exact) mass is 279 g/mol. The molecule has 1 aliphatic carbocycles. The summed E-state index contributed by atoms with van der Waals surface area (Å²) in [5.74, 6) is 0.472. The second kappa shape index (κ2) is 7.07. The fourth-order valence-corrected chi connectivity index (χ4v) is 2.56. The predicted molar refractivity (Wildman–Crippen MR) is 74.8 cm³/mol. The lowest BCUT2D eigenvalue weighted by molar-refractivity contribution is -0.142. The normalized spacial score (nSPS) is 21.6. The first-order valence-corrected chi connectivity index (χ1v) is 7.12. The number of carbonyl (C=O) groups is 1. The Morgan fingerprint density at radius 2 is 2.35 bits per heavy atom. The fourth-order valence-electron chi connectivity index (χ4n) is 2.56. The molecule has 6 nitrogen and oxygen atoms in total. The Kier molecular flexibility index (Phi) is 5.15. The lowest BCUT2D eigenvalue weighted by Gasteiger charge is -2.16. The highest BCUT2D eigenvalue weighted by Gasteiger charge is 2.32. The van der Waals surface area contributed by atoms with E-state index >= 15 is 0 Å². The van der Waals surface area contributed by atoms with E-state index in [4.69, 9.17) is 9.84 Å². The quantitative estimate of drug-likeness (QED) is 0.795. The Hall–Kier alpha value is -1.85. The van der Waals surface area contributed by atoms with Crippen LogP contribution in [0.15, 0.2) is 12.4 Å². The molecule has 1 saturated carbocycles. The summed E-state index contributed by atoms with van der Waals surface area (Å²) in [5.41, 5.74) is 0. The minimum absolute atomic E-state index is 0.169. The van der Waals surface area contributed by atoms with Gasteiger partial charge in [0.25, 0.3) is 0 Å². The molecule has 0 amide bonds. The van der Waals surface area contributed by atoms with Gasteiger partial charge in [0, 0.05) is 12.6 Å². The van der Waals surface area contributed by atoms with Gasteiger partial charge >= 0.3 is 5.97 Å². The van der Waals surface area contributed by atoms with E-state index < -0.39 is 5.97 Å². The minimum atomic E-state index is -0.691. The molecule has 6 heteroatoms. The van der Waals surface area contributed by atoms with Crippen molar-refractivity contribution < 1.29 is 14.6 Å². The first-order chi connectivity index (χ1) is 9.70. The SMILES string of the molecule is CCCOc1cc(NCC2CCCC2C(=O)O)ncn1. The number of nitrogens with one attached hydrogen (secondary N) is 1. The van der Waals surface area contributed by atoms with Crippen molar-refractivity contribution in [2.45, 2.75) is 32.6 Å². The number of hydrogen-bond acceptors (Lipinski definition) is 5. The number of anilines is 1. The van der Waals surface area contributed by atoms with E-state index in [-0.39, 0.29) is 11.8 Å². The summed E-state index contributed by atoms with van der Waals surface area (Å²) in [6.07, 6.45) is 5.09. The average molecular weight is 279 g/mol. The van der Waals surface area contributed by atoms with Crippen LogP contribution in [0.3, 0.4) is 0 Å². The lowest BCUT2D eigenvalue weighted by atomic mass is 9.96. The highest BCUT2D eigenvalue weighted by molar-refractivity contribution is 5.70. The predicted octanol–water partition coefficient (Wildman–Crippen LogP) is 2.18. The number of hydrogen-bond donors (Lipinski definition) is 2. The van der Waals surface area contributed by atoms with Crippen LogP contribution >= 0.6 is 0 Å². The third-order valence-corrected chi connectivity index (χ3v) is 3.62. The molecule has 1 heterocycles. The van der Waals surface area contributed by atoms with Crippen molar-refractivity contribution in [3.63, 3.8) is 0 Å². The first kappa shape index (κ1) is 14.6. The number of carboxylic acid groups (broad SMARTS) is 1. The molecule has 1 aliphatic rings. The third-order valence-electron chi connectivity index (χ3n) is 3.62. The molecule has 2 N–H and O–H groups in total. The van der Waals surface area contributed by atoms with Crippen molar-refractivity contribution in [3.05, 3.63) is 12.4 Å². The van der Waals surface area contributed by atoms with Crippen LogP contribution in [-0.4, -0.2) is 34.2 Å². The van der Waals surface area contributed by atoms with Crippen LogP contribution in [0, 0.1) is 11.8 Å². The summed E-state index contributed by atoms with van der Waals surface area (Å²) in [6.45, 7) is 3.29. The van der Waals surface area contributed by atoms with Gasteiger partial charge in [-0.05, 0) is 25.2 Å². The molecule has 0 aromatic carbocycles. The van der Waals surface area contributed by atoms with Crippen molar-refractivity contribution in [1.82, 2.24) is 9.97 Å². The van der Waals surface area contributed by atoms with Gasteiger partial charge in [-0.25, -0.2) is 9.97 Å². The van der Waals surface area contributed by atoms with E-state index in [9.17, 15) is 4.79 Å². The van der Waals surface area contributed by atoms with Gasteiger partial charge in [0.05, 0.1) is 12.5 Å². The molecule has 2 atom stereocenters. The maximum Gasteiger partial charge on any atom is 0.306 e. The number of carboxylic acids is 1. The topological polar surface area (TPSA) is 84.3 Å². The summed E-state index contributed by atoms with van der Waals surface area (Å²) in [7, 11) is 0. The molecule has 0 spiro atoms. The molecule has 1 aromatic rings. The Labute approximate surface area is 118 Å². The second-order valence-corrected chi connectivity index (χ2v) is 5.11. The summed E-state index contributed by atoms with van der Waals surface area (Å²) < 4.78 is 5.44. The fraction of sp³-hybridized carbons (Fsp3) is 0.643. The standard InChI is InChI=1S/C14H21N3O3/c1-2-6-20-13-7-12(16-9-17-13)15-8-10-4-3-5-11(10)14(18)19/h7,9-11H,2-6,8H2,1H3,(H,18,19)(H,15,16,17). The van der Waals surface area contributed by atoms with E-state index in [1.54, 1.807) is 6.07 Å².